The quantitative estimate of drug-likeness (QED) is 0.842. The predicted octanol–water partition coefficient (Wildman–Crippen LogP) is 2.94. The number of hydrogen-bond donors (Lipinski definition) is 1. The number of hydrogen-bond acceptors (Lipinski definition) is 2. The van der Waals surface area contributed by atoms with Crippen LogP contribution in [0.4, 0.5) is 5.69 Å². The topological polar surface area (TPSA) is 49.4 Å². The lowest BCUT2D eigenvalue weighted by Gasteiger charge is -2.26. The van der Waals surface area contributed by atoms with Gasteiger partial charge in [0.2, 0.25) is 11.8 Å². The van der Waals surface area contributed by atoms with Crippen molar-refractivity contribution in [3.8, 4) is 0 Å². The third-order valence-corrected chi connectivity index (χ3v) is 3.62. The summed E-state index contributed by atoms with van der Waals surface area (Å²) in [4.78, 5) is 25.8. The molecule has 4 heteroatoms. The highest BCUT2D eigenvalue weighted by Gasteiger charge is 2.20. The van der Waals surface area contributed by atoms with Crippen LogP contribution in [0.2, 0.25) is 0 Å². The number of carbonyl (C=O) groups excluding carboxylic acids is 2. The first-order chi connectivity index (χ1) is 10.4. The van der Waals surface area contributed by atoms with E-state index in [1.54, 1.807) is 4.90 Å². The molecule has 0 aliphatic carbocycles. The monoisotopic (exact) mass is 304 g/mol. The first-order valence-electron chi connectivity index (χ1n) is 8.06. The molecule has 0 bridgehead atoms. The van der Waals surface area contributed by atoms with Crippen LogP contribution in [0.25, 0.3) is 0 Å². The summed E-state index contributed by atoms with van der Waals surface area (Å²) >= 11 is 0. The molecule has 2 amide bonds. The Labute approximate surface area is 133 Å². The van der Waals surface area contributed by atoms with Gasteiger partial charge in [0.25, 0.3) is 0 Å². The average molecular weight is 304 g/mol. The van der Waals surface area contributed by atoms with Gasteiger partial charge in [-0.2, -0.15) is 0 Å². The summed E-state index contributed by atoms with van der Waals surface area (Å²) < 4.78 is 0. The molecule has 0 saturated heterocycles. The van der Waals surface area contributed by atoms with Crippen molar-refractivity contribution in [3.63, 3.8) is 0 Å². The van der Waals surface area contributed by atoms with Crippen LogP contribution in [0, 0.1) is 5.92 Å². The highest BCUT2D eigenvalue weighted by Crippen LogP contribution is 2.27. The number of nitrogens with one attached hydrogen (secondary N) is 1. The second-order valence-electron chi connectivity index (χ2n) is 5.94. The molecule has 0 fully saturated rings. The number of aryl methyl sites for hydroxylation is 2. The molecule has 1 rings (SSSR count). The number of rotatable bonds is 7. The molecule has 1 N–H and O–H groups in total. The largest absolute Gasteiger partial charge is 0.354 e. The van der Waals surface area contributed by atoms with E-state index in [0.29, 0.717) is 12.5 Å². The fourth-order valence-electron chi connectivity index (χ4n) is 2.43. The number of carbonyl (C=O) groups is 2. The van der Waals surface area contributed by atoms with Crippen LogP contribution in [0.3, 0.4) is 0 Å². The molecule has 0 aliphatic heterocycles. The molecule has 0 unspecified atom stereocenters. The van der Waals surface area contributed by atoms with Gasteiger partial charge in [-0.1, -0.05) is 45.9 Å². The van der Waals surface area contributed by atoms with Crippen molar-refractivity contribution >= 4 is 17.5 Å². The summed E-state index contributed by atoms with van der Waals surface area (Å²) in [5, 5.41) is 2.88. The molecular formula is C18H28N2O2. The Hall–Kier alpha value is -1.84. The van der Waals surface area contributed by atoms with E-state index in [4.69, 9.17) is 0 Å². The summed E-state index contributed by atoms with van der Waals surface area (Å²) in [7, 11) is 0. The van der Waals surface area contributed by atoms with E-state index in [1.807, 2.05) is 32.0 Å². The lowest BCUT2D eigenvalue weighted by molar-refractivity contribution is -0.123. The molecule has 1 aromatic rings. The van der Waals surface area contributed by atoms with Crippen molar-refractivity contribution in [2.24, 2.45) is 5.92 Å². The van der Waals surface area contributed by atoms with Crippen molar-refractivity contribution in [1.29, 1.82) is 0 Å². The minimum Gasteiger partial charge on any atom is -0.354 e. The number of para-hydroxylation sites is 1. The van der Waals surface area contributed by atoms with E-state index in [9.17, 15) is 9.59 Å². The van der Waals surface area contributed by atoms with Gasteiger partial charge >= 0.3 is 0 Å². The third-order valence-electron chi connectivity index (χ3n) is 3.62. The maximum atomic E-state index is 12.1. The molecule has 0 radical (unpaired) electrons. The summed E-state index contributed by atoms with van der Waals surface area (Å²) in [6.45, 7) is 10.4. The van der Waals surface area contributed by atoms with E-state index >= 15 is 0 Å². The summed E-state index contributed by atoms with van der Waals surface area (Å²) in [6, 6.07) is 6.06. The normalized spacial score (nSPS) is 10.6. The second kappa shape index (κ2) is 8.57. The fraction of sp³-hybridized carbons (Fsp3) is 0.556. The maximum Gasteiger partial charge on any atom is 0.240 e. The van der Waals surface area contributed by atoms with Gasteiger partial charge in [0.15, 0.2) is 0 Å². The minimum absolute atomic E-state index is 0.0755. The van der Waals surface area contributed by atoms with Gasteiger partial charge < -0.3 is 10.2 Å². The van der Waals surface area contributed by atoms with Crippen LogP contribution in [0.5, 0.6) is 0 Å². The Morgan fingerprint density at radius 2 is 1.68 bits per heavy atom. The first kappa shape index (κ1) is 18.2. The maximum absolute atomic E-state index is 12.1. The van der Waals surface area contributed by atoms with Gasteiger partial charge in [0, 0.05) is 13.5 Å². The highest BCUT2D eigenvalue weighted by molar-refractivity contribution is 5.98. The van der Waals surface area contributed by atoms with Crippen LogP contribution >= 0.6 is 0 Å². The van der Waals surface area contributed by atoms with E-state index in [0.717, 1.165) is 29.7 Å². The zero-order valence-corrected chi connectivity index (χ0v) is 14.4. The van der Waals surface area contributed by atoms with Crippen LogP contribution < -0.4 is 10.2 Å². The summed E-state index contributed by atoms with van der Waals surface area (Å²) in [6.07, 6.45) is 1.67. The van der Waals surface area contributed by atoms with E-state index in [1.165, 1.54) is 6.92 Å². The molecule has 0 atom stereocenters. The Kier molecular flexibility index (Phi) is 7.09. The SMILES string of the molecule is CCc1cccc(CC)c1N(CC(=O)NCC(C)C)C(C)=O. The Morgan fingerprint density at radius 3 is 2.09 bits per heavy atom. The summed E-state index contributed by atoms with van der Waals surface area (Å²) in [5.74, 6) is 0.177. The molecule has 0 aromatic heterocycles. The van der Waals surface area contributed by atoms with Crippen LogP contribution in [0.15, 0.2) is 18.2 Å². The molecule has 0 spiro atoms. The van der Waals surface area contributed by atoms with Crippen LogP contribution in [-0.2, 0) is 22.4 Å². The van der Waals surface area contributed by atoms with Gasteiger partial charge in [-0.25, -0.2) is 0 Å². The molecule has 4 nitrogen and oxygen atoms in total. The lowest BCUT2D eigenvalue weighted by Crippen LogP contribution is -2.41. The van der Waals surface area contributed by atoms with Gasteiger partial charge in [0.1, 0.15) is 6.54 Å². The lowest BCUT2D eigenvalue weighted by atomic mass is 10.0. The third kappa shape index (κ3) is 4.86. The molecule has 22 heavy (non-hydrogen) atoms. The second-order valence-corrected chi connectivity index (χ2v) is 5.94. The van der Waals surface area contributed by atoms with Gasteiger partial charge in [-0.05, 0) is 29.9 Å². The number of benzene rings is 1. The van der Waals surface area contributed by atoms with Crippen molar-refractivity contribution in [2.75, 3.05) is 18.0 Å². The smallest absolute Gasteiger partial charge is 0.240 e. The highest BCUT2D eigenvalue weighted by atomic mass is 16.2. The molecule has 0 aliphatic rings. The first-order valence-corrected chi connectivity index (χ1v) is 8.06. The predicted molar refractivity (Wildman–Crippen MR) is 91.1 cm³/mol. The molecule has 1 aromatic carbocycles. The van der Waals surface area contributed by atoms with Gasteiger partial charge in [-0.3, -0.25) is 9.59 Å². The van der Waals surface area contributed by atoms with E-state index in [-0.39, 0.29) is 18.4 Å². The average Bonchev–Trinajstić information content (AvgIpc) is 2.49. The van der Waals surface area contributed by atoms with Crippen LogP contribution in [0.1, 0.15) is 45.7 Å². The Morgan fingerprint density at radius 1 is 1.14 bits per heavy atom. The fourth-order valence-corrected chi connectivity index (χ4v) is 2.43. The molecule has 0 saturated carbocycles. The minimum atomic E-state index is -0.114. The molecule has 0 heterocycles. The molecule has 122 valence electrons. The Balaban J connectivity index is 3.06. The number of anilines is 1. The van der Waals surface area contributed by atoms with E-state index < -0.39 is 0 Å². The van der Waals surface area contributed by atoms with E-state index in [2.05, 4.69) is 19.2 Å². The number of nitrogens with zero attached hydrogens (tertiary/aromatic N) is 1. The Bertz CT molecular complexity index is 502. The zero-order valence-electron chi connectivity index (χ0n) is 14.4. The standard InChI is InChI=1S/C18H28N2O2/c1-6-15-9-8-10-16(7-2)18(15)20(14(5)21)12-17(22)19-11-13(3)4/h8-10,13H,6-7,11-12H2,1-5H3,(H,19,22). The van der Waals surface area contributed by atoms with Crippen molar-refractivity contribution in [3.05, 3.63) is 29.3 Å². The van der Waals surface area contributed by atoms with Crippen molar-refractivity contribution in [1.82, 2.24) is 5.32 Å². The van der Waals surface area contributed by atoms with Gasteiger partial charge in [-0.15, -0.1) is 0 Å². The molecular weight excluding hydrogens is 276 g/mol. The van der Waals surface area contributed by atoms with Crippen molar-refractivity contribution in [2.45, 2.75) is 47.5 Å². The zero-order chi connectivity index (χ0) is 16.7. The van der Waals surface area contributed by atoms with Gasteiger partial charge in [0.05, 0.1) is 5.69 Å². The number of amides is 2. The van der Waals surface area contributed by atoms with Crippen LogP contribution in [-0.4, -0.2) is 24.9 Å². The summed E-state index contributed by atoms with van der Waals surface area (Å²) in [5.41, 5.74) is 3.11. The van der Waals surface area contributed by atoms with Crippen molar-refractivity contribution < 1.29 is 9.59 Å².